The first-order valence-corrected chi connectivity index (χ1v) is 10.5. The molecule has 1 heterocycles. The normalized spacial score (nSPS) is 13.8. The molecule has 2 N–H and O–H groups in total. The zero-order valence-electron chi connectivity index (χ0n) is 16.4. The number of nitrogens with one attached hydrogen (secondary N) is 2. The Morgan fingerprint density at radius 2 is 1.93 bits per heavy atom. The molecule has 27 heavy (non-hydrogen) atoms. The average molecular weight is 394 g/mol. The maximum absolute atomic E-state index is 12.7. The van der Waals surface area contributed by atoms with Crippen LogP contribution in [0.4, 0.5) is 4.79 Å². The number of carbonyl (C=O) groups is 1. The predicted molar refractivity (Wildman–Crippen MR) is 103 cm³/mol. The van der Waals surface area contributed by atoms with Crippen molar-refractivity contribution >= 4 is 15.9 Å². The molecule has 0 fully saturated rings. The Hall–Kier alpha value is -2.42. The number of amides is 2. The Morgan fingerprint density at radius 1 is 1.22 bits per heavy atom. The van der Waals surface area contributed by atoms with Crippen LogP contribution in [0.5, 0.6) is 0 Å². The number of aromatic nitrogens is 3. The van der Waals surface area contributed by atoms with Crippen LogP contribution in [-0.2, 0) is 16.9 Å². The van der Waals surface area contributed by atoms with E-state index in [1.807, 2.05) is 20.8 Å². The highest BCUT2D eigenvalue weighted by atomic mass is 32.2. The van der Waals surface area contributed by atoms with Crippen LogP contribution in [0.15, 0.2) is 29.4 Å². The molecule has 0 radical (unpaired) electrons. The van der Waals surface area contributed by atoms with Crippen molar-refractivity contribution in [2.45, 2.75) is 51.1 Å². The molecule has 2 atom stereocenters. The van der Waals surface area contributed by atoms with Gasteiger partial charge in [-0.15, -0.1) is 10.2 Å². The van der Waals surface area contributed by atoms with E-state index in [0.29, 0.717) is 12.2 Å². The first-order valence-electron chi connectivity index (χ1n) is 8.85. The van der Waals surface area contributed by atoms with Crippen molar-refractivity contribution in [1.29, 1.82) is 0 Å². The maximum Gasteiger partial charge on any atom is 0.315 e. The largest absolute Gasteiger partial charge is 0.334 e. The molecule has 0 saturated carbocycles. The average Bonchev–Trinajstić information content (AvgIpc) is 3.02. The van der Waals surface area contributed by atoms with Crippen molar-refractivity contribution in [3.8, 4) is 0 Å². The summed E-state index contributed by atoms with van der Waals surface area (Å²) in [6.45, 7) is 7.44. The number of urea groups is 1. The maximum atomic E-state index is 12.7. The molecule has 2 amide bonds. The van der Waals surface area contributed by atoms with Crippen LogP contribution in [0.2, 0.25) is 0 Å². The van der Waals surface area contributed by atoms with Gasteiger partial charge >= 0.3 is 6.03 Å². The van der Waals surface area contributed by atoms with Gasteiger partial charge in [-0.3, -0.25) is 0 Å². The summed E-state index contributed by atoms with van der Waals surface area (Å²) in [7, 11) is -1.72. The summed E-state index contributed by atoms with van der Waals surface area (Å²) in [4.78, 5) is 12.6. The molecular weight excluding hydrogens is 366 g/mol. The zero-order chi connectivity index (χ0) is 20.2. The summed E-state index contributed by atoms with van der Waals surface area (Å²) in [6.07, 6.45) is 2.05. The van der Waals surface area contributed by atoms with Gasteiger partial charge in [0.2, 0.25) is 0 Å². The van der Waals surface area contributed by atoms with Crippen molar-refractivity contribution in [2.24, 2.45) is 7.05 Å². The highest BCUT2D eigenvalue weighted by Gasteiger charge is 2.23. The number of rotatable bonds is 7. The SMILES string of the molecule is CC[C@H](CS(=O)(=O)c1ccc(C)c(C)c1)NC(=O)N[C@H](C)c1nncn1C. The van der Waals surface area contributed by atoms with E-state index in [1.165, 1.54) is 0 Å². The second kappa shape index (κ2) is 8.51. The van der Waals surface area contributed by atoms with Gasteiger partial charge in [0, 0.05) is 13.1 Å². The molecule has 0 saturated heterocycles. The molecule has 2 rings (SSSR count). The van der Waals surface area contributed by atoms with Gasteiger partial charge in [-0.05, 0) is 50.5 Å². The van der Waals surface area contributed by atoms with Crippen molar-refractivity contribution in [3.63, 3.8) is 0 Å². The van der Waals surface area contributed by atoms with Gasteiger partial charge in [-0.1, -0.05) is 13.0 Å². The van der Waals surface area contributed by atoms with Gasteiger partial charge in [0.15, 0.2) is 15.7 Å². The lowest BCUT2D eigenvalue weighted by molar-refractivity contribution is 0.234. The molecule has 0 bridgehead atoms. The Morgan fingerprint density at radius 3 is 2.48 bits per heavy atom. The van der Waals surface area contributed by atoms with E-state index in [9.17, 15) is 13.2 Å². The van der Waals surface area contributed by atoms with Crippen molar-refractivity contribution < 1.29 is 13.2 Å². The minimum Gasteiger partial charge on any atom is -0.334 e. The molecule has 148 valence electrons. The summed E-state index contributed by atoms with van der Waals surface area (Å²) >= 11 is 0. The molecule has 0 aliphatic carbocycles. The van der Waals surface area contributed by atoms with Crippen LogP contribution in [0.1, 0.15) is 43.3 Å². The van der Waals surface area contributed by atoms with Gasteiger partial charge in [0.25, 0.3) is 0 Å². The fourth-order valence-electron chi connectivity index (χ4n) is 2.70. The van der Waals surface area contributed by atoms with Crippen molar-refractivity contribution in [1.82, 2.24) is 25.4 Å². The Bertz CT molecular complexity index is 907. The molecule has 1 aromatic heterocycles. The second-order valence-electron chi connectivity index (χ2n) is 6.77. The molecule has 8 nitrogen and oxygen atoms in total. The fraction of sp³-hybridized carbons (Fsp3) is 0.500. The molecule has 9 heteroatoms. The number of aryl methyl sites for hydroxylation is 3. The lowest BCUT2D eigenvalue weighted by atomic mass is 10.1. The van der Waals surface area contributed by atoms with E-state index in [4.69, 9.17) is 0 Å². The highest BCUT2D eigenvalue weighted by molar-refractivity contribution is 7.91. The lowest BCUT2D eigenvalue weighted by Crippen LogP contribution is -2.45. The smallest absolute Gasteiger partial charge is 0.315 e. The standard InChI is InChI=1S/C18H27N5O3S/c1-6-15(10-27(25,26)16-8-7-12(2)13(3)9-16)21-18(24)20-14(4)17-22-19-11-23(17)5/h7-9,11,14-15H,6,10H2,1-5H3,(H2,20,21,24)/t14-,15-/m1/s1. The first kappa shape index (κ1) is 20.9. The number of carbonyl (C=O) groups excluding carboxylic acids is 1. The van der Waals surface area contributed by atoms with E-state index in [-0.39, 0.29) is 16.7 Å². The number of hydrogen-bond acceptors (Lipinski definition) is 5. The number of nitrogens with zero attached hydrogens (tertiary/aromatic N) is 3. The fourth-order valence-corrected chi connectivity index (χ4v) is 4.38. The molecule has 0 aliphatic rings. The van der Waals surface area contributed by atoms with Gasteiger partial charge in [0.1, 0.15) is 6.33 Å². The third-order valence-corrected chi connectivity index (χ3v) is 6.38. The van der Waals surface area contributed by atoms with E-state index in [1.54, 1.807) is 43.1 Å². The third kappa shape index (κ3) is 5.29. The Kier molecular flexibility index (Phi) is 6.59. The summed E-state index contributed by atoms with van der Waals surface area (Å²) in [5.41, 5.74) is 1.96. The number of benzene rings is 1. The quantitative estimate of drug-likeness (QED) is 0.749. The Labute approximate surface area is 160 Å². The minimum atomic E-state index is -3.50. The lowest BCUT2D eigenvalue weighted by Gasteiger charge is -2.20. The molecule has 0 spiro atoms. The topological polar surface area (TPSA) is 106 Å². The van der Waals surface area contributed by atoms with E-state index < -0.39 is 21.9 Å². The first-order chi connectivity index (χ1) is 12.6. The second-order valence-corrected chi connectivity index (χ2v) is 8.81. The van der Waals surface area contributed by atoms with E-state index in [2.05, 4.69) is 20.8 Å². The van der Waals surface area contributed by atoms with Gasteiger partial charge in [-0.2, -0.15) is 0 Å². The van der Waals surface area contributed by atoms with E-state index in [0.717, 1.165) is 11.1 Å². The van der Waals surface area contributed by atoms with Crippen LogP contribution in [0.3, 0.4) is 0 Å². The van der Waals surface area contributed by atoms with Crippen LogP contribution >= 0.6 is 0 Å². The van der Waals surface area contributed by atoms with Crippen LogP contribution < -0.4 is 10.6 Å². The number of sulfone groups is 1. The molecule has 0 unspecified atom stereocenters. The monoisotopic (exact) mass is 393 g/mol. The summed E-state index contributed by atoms with van der Waals surface area (Å²) in [5, 5.41) is 13.2. The molecular formula is C18H27N5O3S. The predicted octanol–water partition coefficient (Wildman–Crippen LogP) is 2.04. The van der Waals surface area contributed by atoms with Crippen LogP contribution in [0, 0.1) is 13.8 Å². The third-order valence-electron chi connectivity index (χ3n) is 4.57. The molecule has 0 aliphatic heterocycles. The molecule has 1 aromatic carbocycles. The minimum absolute atomic E-state index is 0.155. The summed E-state index contributed by atoms with van der Waals surface area (Å²) in [6, 6.07) is 3.79. The zero-order valence-corrected chi connectivity index (χ0v) is 17.2. The van der Waals surface area contributed by atoms with Crippen molar-refractivity contribution in [3.05, 3.63) is 41.5 Å². The summed E-state index contributed by atoms with van der Waals surface area (Å²) in [5.74, 6) is 0.457. The van der Waals surface area contributed by atoms with E-state index >= 15 is 0 Å². The van der Waals surface area contributed by atoms with Crippen LogP contribution in [-0.4, -0.2) is 41.0 Å². The highest BCUT2D eigenvalue weighted by Crippen LogP contribution is 2.17. The summed E-state index contributed by atoms with van der Waals surface area (Å²) < 4.78 is 27.1. The molecule has 2 aromatic rings. The van der Waals surface area contributed by atoms with Gasteiger partial charge < -0.3 is 15.2 Å². The van der Waals surface area contributed by atoms with Gasteiger partial charge in [-0.25, -0.2) is 13.2 Å². The van der Waals surface area contributed by atoms with Crippen LogP contribution in [0.25, 0.3) is 0 Å². The number of hydrogen-bond donors (Lipinski definition) is 2. The van der Waals surface area contributed by atoms with Gasteiger partial charge in [0.05, 0.1) is 16.7 Å². The Balaban J connectivity index is 2.02. The van der Waals surface area contributed by atoms with Crippen molar-refractivity contribution in [2.75, 3.05) is 5.75 Å².